The van der Waals surface area contributed by atoms with Crippen molar-refractivity contribution in [3.8, 4) is 0 Å². The van der Waals surface area contributed by atoms with Crippen molar-refractivity contribution in [1.29, 1.82) is 0 Å². The molecule has 0 aliphatic heterocycles. The van der Waals surface area contributed by atoms with E-state index < -0.39 is 0 Å². The third-order valence-electron chi connectivity index (χ3n) is 2.58. The van der Waals surface area contributed by atoms with E-state index in [-0.39, 0.29) is 6.04 Å². The fourth-order valence-electron chi connectivity index (χ4n) is 1.75. The summed E-state index contributed by atoms with van der Waals surface area (Å²) in [5.41, 5.74) is 6.30. The highest BCUT2D eigenvalue weighted by atomic mass is 32.1. The van der Waals surface area contributed by atoms with Gasteiger partial charge in [-0.25, -0.2) is 5.43 Å². The average molecular weight is 233 g/mol. The van der Waals surface area contributed by atoms with Crippen molar-refractivity contribution in [2.45, 2.75) is 19.9 Å². The van der Waals surface area contributed by atoms with Gasteiger partial charge in [0, 0.05) is 16.8 Å². The van der Waals surface area contributed by atoms with E-state index in [1.807, 2.05) is 19.2 Å². The van der Waals surface area contributed by atoms with Gasteiger partial charge in [0.1, 0.15) is 0 Å². The van der Waals surface area contributed by atoms with Gasteiger partial charge in [-0.1, -0.05) is 0 Å². The number of pyridine rings is 1. The Morgan fingerprint density at radius 2 is 2.19 bits per heavy atom. The Kier molecular flexibility index (Phi) is 3.33. The fraction of sp³-hybridized carbons (Fsp3) is 0.250. The summed E-state index contributed by atoms with van der Waals surface area (Å²) in [6.45, 7) is 4.09. The monoisotopic (exact) mass is 233 g/mol. The van der Waals surface area contributed by atoms with Crippen LogP contribution >= 0.6 is 11.3 Å². The molecule has 0 saturated carbocycles. The molecule has 0 radical (unpaired) electrons. The van der Waals surface area contributed by atoms with Gasteiger partial charge in [-0.15, -0.1) is 11.3 Å². The van der Waals surface area contributed by atoms with Gasteiger partial charge in [-0.05, 0) is 48.6 Å². The SMILES string of the molecule is Cc1cc(C(NN)c2sccc2C)ccn1. The van der Waals surface area contributed by atoms with Crippen molar-refractivity contribution in [2.75, 3.05) is 0 Å². The van der Waals surface area contributed by atoms with E-state index in [2.05, 4.69) is 34.8 Å². The lowest BCUT2D eigenvalue weighted by atomic mass is 10.0. The predicted molar refractivity (Wildman–Crippen MR) is 67.2 cm³/mol. The predicted octanol–water partition coefficient (Wildman–Crippen LogP) is 2.31. The number of aromatic nitrogens is 1. The van der Waals surface area contributed by atoms with Crippen molar-refractivity contribution < 1.29 is 0 Å². The molecule has 2 rings (SSSR count). The molecule has 84 valence electrons. The van der Waals surface area contributed by atoms with E-state index >= 15 is 0 Å². The third-order valence-corrected chi connectivity index (χ3v) is 3.67. The molecule has 0 saturated heterocycles. The molecule has 2 aromatic heterocycles. The average Bonchev–Trinajstić information content (AvgIpc) is 2.67. The number of hydrogen-bond acceptors (Lipinski definition) is 4. The Morgan fingerprint density at radius 1 is 1.38 bits per heavy atom. The van der Waals surface area contributed by atoms with Crippen LogP contribution in [0.25, 0.3) is 0 Å². The summed E-state index contributed by atoms with van der Waals surface area (Å²) in [7, 11) is 0. The zero-order valence-electron chi connectivity index (χ0n) is 9.40. The molecule has 2 heterocycles. The first-order valence-corrected chi connectivity index (χ1v) is 6.03. The number of nitrogens with one attached hydrogen (secondary N) is 1. The van der Waals surface area contributed by atoms with Gasteiger partial charge in [0.05, 0.1) is 6.04 Å². The van der Waals surface area contributed by atoms with Crippen molar-refractivity contribution in [3.63, 3.8) is 0 Å². The Labute approximate surface area is 99.3 Å². The number of rotatable bonds is 3. The Bertz CT molecular complexity index is 479. The van der Waals surface area contributed by atoms with Crippen LogP contribution in [0.4, 0.5) is 0 Å². The molecule has 4 heteroatoms. The molecule has 0 spiro atoms. The van der Waals surface area contributed by atoms with Crippen LogP contribution in [-0.4, -0.2) is 4.98 Å². The van der Waals surface area contributed by atoms with Gasteiger partial charge in [0.2, 0.25) is 0 Å². The number of hydrazine groups is 1. The number of nitrogens with two attached hydrogens (primary N) is 1. The minimum atomic E-state index is 0.0571. The van der Waals surface area contributed by atoms with Crippen LogP contribution in [0.1, 0.15) is 27.7 Å². The largest absolute Gasteiger partial charge is 0.271 e. The molecule has 0 aliphatic carbocycles. The number of nitrogens with zero attached hydrogens (tertiary/aromatic N) is 1. The van der Waals surface area contributed by atoms with Gasteiger partial charge >= 0.3 is 0 Å². The fourth-order valence-corrected chi connectivity index (χ4v) is 2.76. The molecule has 0 bridgehead atoms. The number of aryl methyl sites for hydroxylation is 2. The summed E-state index contributed by atoms with van der Waals surface area (Å²) in [6.07, 6.45) is 1.82. The minimum absolute atomic E-state index is 0.0571. The van der Waals surface area contributed by atoms with E-state index in [1.54, 1.807) is 11.3 Å². The maximum absolute atomic E-state index is 5.65. The van der Waals surface area contributed by atoms with Crippen LogP contribution < -0.4 is 11.3 Å². The van der Waals surface area contributed by atoms with Gasteiger partial charge < -0.3 is 0 Å². The highest BCUT2D eigenvalue weighted by Gasteiger charge is 2.15. The van der Waals surface area contributed by atoms with Crippen LogP contribution in [0, 0.1) is 13.8 Å². The second-order valence-electron chi connectivity index (χ2n) is 3.80. The van der Waals surface area contributed by atoms with Gasteiger partial charge in [0.15, 0.2) is 0 Å². The van der Waals surface area contributed by atoms with Crippen LogP contribution in [0.2, 0.25) is 0 Å². The summed E-state index contributed by atoms with van der Waals surface area (Å²) in [6, 6.07) is 6.22. The summed E-state index contributed by atoms with van der Waals surface area (Å²) >= 11 is 1.72. The van der Waals surface area contributed by atoms with Crippen molar-refractivity contribution in [1.82, 2.24) is 10.4 Å². The molecular weight excluding hydrogens is 218 g/mol. The topological polar surface area (TPSA) is 50.9 Å². The lowest BCUT2D eigenvalue weighted by Gasteiger charge is -2.16. The number of hydrogen-bond donors (Lipinski definition) is 2. The lowest BCUT2D eigenvalue weighted by Crippen LogP contribution is -2.28. The highest BCUT2D eigenvalue weighted by molar-refractivity contribution is 7.10. The third kappa shape index (κ3) is 2.14. The normalized spacial score (nSPS) is 12.7. The van der Waals surface area contributed by atoms with Crippen molar-refractivity contribution in [2.24, 2.45) is 5.84 Å². The quantitative estimate of drug-likeness (QED) is 0.632. The molecule has 3 N–H and O–H groups in total. The molecule has 2 aromatic rings. The minimum Gasteiger partial charge on any atom is -0.271 e. The molecule has 1 unspecified atom stereocenters. The Morgan fingerprint density at radius 3 is 2.75 bits per heavy atom. The Hall–Kier alpha value is -1.23. The summed E-state index contributed by atoms with van der Waals surface area (Å²) in [5, 5.41) is 2.09. The van der Waals surface area contributed by atoms with E-state index in [0.29, 0.717) is 0 Å². The van der Waals surface area contributed by atoms with E-state index in [9.17, 15) is 0 Å². The second kappa shape index (κ2) is 4.74. The van der Waals surface area contributed by atoms with E-state index in [4.69, 9.17) is 5.84 Å². The van der Waals surface area contributed by atoms with Crippen LogP contribution in [-0.2, 0) is 0 Å². The van der Waals surface area contributed by atoms with Crippen LogP contribution in [0.3, 0.4) is 0 Å². The number of thiophene rings is 1. The summed E-state index contributed by atoms with van der Waals surface area (Å²) in [4.78, 5) is 5.45. The first-order valence-electron chi connectivity index (χ1n) is 5.15. The highest BCUT2D eigenvalue weighted by Crippen LogP contribution is 2.28. The van der Waals surface area contributed by atoms with Crippen LogP contribution in [0.15, 0.2) is 29.8 Å². The molecule has 0 fully saturated rings. The van der Waals surface area contributed by atoms with Crippen LogP contribution in [0.5, 0.6) is 0 Å². The zero-order chi connectivity index (χ0) is 11.5. The molecule has 16 heavy (non-hydrogen) atoms. The standard InChI is InChI=1S/C12H15N3S/c1-8-4-6-16-12(8)11(15-13)10-3-5-14-9(2)7-10/h3-7,11,15H,13H2,1-2H3. The lowest BCUT2D eigenvalue weighted by molar-refractivity contribution is 0.642. The first kappa shape index (κ1) is 11.3. The molecule has 1 atom stereocenters. The smallest absolute Gasteiger partial charge is 0.0806 e. The molecule has 0 aliphatic rings. The van der Waals surface area contributed by atoms with Crippen molar-refractivity contribution >= 4 is 11.3 Å². The Balaban J connectivity index is 2.40. The molecule has 0 aromatic carbocycles. The van der Waals surface area contributed by atoms with Crippen molar-refractivity contribution in [3.05, 3.63) is 51.5 Å². The summed E-state index contributed by atoms with van der Waals surface area (Å²) in [5.74, 6) is 5.65. The van der Waals surface area contributed by atoms with Gasteiger partial charge in [-0.3, -0.25) is 10.8 Å². The van der Waals surface area contributed by atoms with E-state index in [1.165, 1.54) is 10.4 Å². The van der Waals surface area contributed by atoms with Gasteiger partial charge in [-0.2, -0.15) is 0 Å². The summed E-state index contributed by atoms with van der Waals surface area (Å²) < 4.78 is 0. The van der Waals surface area contributed by atoms with E-state index in [0.717, 1.165) is 11.3 Å². The second-order valence-corrected chi connectivity index (χ2v) is 4.75. The molecule has 3 nitrogen and oxygen atoms in total. The first-order chi connectivity index (χ1) is 7.72. The maximum atomic E-state index is 5.65. The van der Waals surface area contributed by atoms with Gasteiger partial charge in [0.25, 0.3) is 0 Å². The molecular formula is C12H15N3S. The molecule has 0 amide bonds. The maximum Gasteiger partial charge on any atom is 0.0806 e. The zero-order valence-corrected chi connectivity index (χ0v) is 10.2.